The van der Waals surface area contributed by atoms with Crippen LogP contribution in [0.5, 0.6) is 5.75 Å². The van der Waals surface area contributed by atoms with E-state index in [1.807, 2.05) is 18.2 Å². The summed E-state index contributed by atoms with van der Waals surface area (Å²) in [4.78, 5) is 11.8. The molecule has 23 heavy (non-hydrogen) atoms. The molecule has 0 spiro atoms. The Morgan fingerprint density at radius 3 is 2.52 bits per heavy atom. The Kier molecular flexibility index (Phi) is 6.14. The number of thiocarbonyl (C=S) groups is 1. The molecule has 1 amide bonds. The van der Waals surface area contributed by atoms with Gasteiger partial charge < -0.3 is 10.1 Å². The van der Waals surface area contributed by atoms with Gasteiger partial charge in [-0.15, -0.1) is 0 Å². The third-order valence-electron chi connectivity index (χ3n) is 2.90. The van der Waals surface area contributed by atoms with Gasteiger partial charge in [-0.3, -0.25) is 10.1 Å². The van der Waals surface area contributed by atoms with Gasteiger partial charge in [0.25, 0.3) is 0 Å². The molecule has 0 saturated heterocycles. The van der Waals surface area contributed by atoms with Crippen LogP contribution >= 0.6 is 23.8 Å². The molecule has 0 aliphatic rings. The highest BCUT2D eigenvalue weighted by Crippen LogP contribution is 2.16. The standard InChI is InChI=1S/C17H15ClN2O2S/c1-22-14-9-7-13(8-10-14)19-17(23)20-16(21)11-6-12-4-2-3-5-15(12)18/h2-11H,1H3,(H2,19,20,21,23). The lowest BCUT2D eigenvalue weighted by Crippen LogP contribution is -2.32. The van der Waals surface area contributed by atoms with E-state index in [1.165, 1.54) is 6.08 Å². The summed E-state index contributed by atoms with van der Waals surface area (Å²) in [6, 6.07) is 14.4. The minimum atomic E-state index is -0.337. The fourth-order valence-electron chi connectivity index (χ4n) is 1.77. The van der Waals surface area contributed by atoms with Gasteiger partial charge in [0.2, 0.25) is 5.91 Å². The first-order valence-corrected chi connectivity index (χ1v) is 7.56. The molecule has 2 aromatic carbocycles. The van der Waals surface area contributed by atoms with E-state index in [-0.39, 0.29) is 11.0 Å². The average Bonchev–Trinajstić information content (AvgIpc) is 2.54. The number of nitrogens with one attached hydrogen (secondary N) is 2. The predicted octanol–water partition coefficient (Wildman–Crippen LogP) is 3.88. The monoisotopic (exact) mass is 346 g/mol. The second-order valence-corrected chi connectivity index (χ2v) is 5.34. The fourth-order valence-corrected chi connectivity index (χ4v) is 2.18. The van der Waals surface area contributed by atoms with Crippen molar-refractivity contribution >= 4 is 46.6 Å². The first-order chi connectivity index (χ1) is 11.1. The predicted molar refractivity (Wildman–Crippen MR) is 97.8 cm³/mol. The average molecular weight is 347 g/mol. The Labute approximate surface area is 145 Å². The summed E-state index contributed by atoms with van der Waals surface area (Å²) in [5, 5.41) is 6.28. The number of benzene rings is 2. The summed E-state index contributed by atoms with van der Waals surface area (Å²) in [5.74, 6) is 0.407. The van der Waals surface area contributed by atoms with E-state index >= 15 is 0 Å². The summed E-state index contributed by atoms with van der Waals surface area (Å²) in [6.45, 7) is 0. The zero-order valence-electron chi connectivity index (χ0n) is 12.4. The lowest BCUT2D eigenvalue weighted by atomic mass is 10.2. The molecule has 0 heterocycles. The van der Waals surface area contributed by atoms with Crippen LogP contribution in [0, 0.1) is 0 Å². The number of anilines is 1. The molecule has 0 fully saturated rings. The van der Waals surface area contributed by atoms with E-state index in [1.54, 1.807) is 43.5 Å². The number of hydrogen-bond acceptors (Lipinski definition) is 3. The second kappa shape index (κ2) is 8.31. The number of ether oxygens (including phenoxy) is 1. The molecule has 0 bridgehead atoms. The van der Waals surface area contributed by atoms with Crippen LogP contribution < -0.4 is 15.4 Å². The number of amides is 1. The van der Waals surface area contributed by atoms with Crippen LogP contribution in [0.15, 0.2) is 54.6 Å². The Morgan fingerprint density at radius 1 is 1.17 bits per heavy atom. The van der Waals surface area contributed by atoms with E-state index in [4.69, 9.17) is 28.6 Å². The molecule has 118 valence electrons. The van der Waals surface area contributed by atoms with Crippen LogP contribution in [-0.2, 0) is 4.79 Å². The summed E-state index contributed by atoms with van der Waals surface area (Å²) in [5.41, 5.74) is 1.52. The number of carbonyl (C=O) groups excluding carboxylic acids is 1. The zero-order chi connectivity index (χ0) is 16.7. The van der Waals surface area contributed by atoms with Crippen molar-refractivity contribution in [1.29, 1.82) is 0 Å². The third-order valence-corrected chi connectivity index (χ3v) is 3.45. The summed E-state index contributed by atoms with van der Waals surface area (Å²) in [6.07, 6.45) is 3.01. The van der Waals surface area contributed by atoms with E-state index < -0.39 is 0 Å². The van der Waals surface area contributed by atoms with Crippen molar-refractivity contribution in [2.24, 2.45) is 0 Å². The molecule has 0 unspecified atom stereocenters. The number of methoxy groups -OCH3 is 1. The number of halogens is 1. The van der Waals surface area contributed by atoms with Gasteiger partial charge in [0.1, 0.15) is 5.75 Å². The van der Waals surface area contributed by atoms with Gasteiger partial charge in [-0.25, -0.2) is 0 Å². The molecule has 0 aliphatic heterocycles. The highest BCUT2D eigenvalue weighted by molar-refractivity contribution is 7.80. The van der Waals surface area contributed by atoms with Crippen molar-refractivity contribution in [3.8, 4) is 5.75 Å². The maximum atomic E-state index is 11.8. The molecule has 0 saturated carbocycles. The third kappa shape index (κ3) is 5.39. The fraction of sp³-hybridized carbons (Fsp3) is 0.0588. The molecule has 0 atom stereocenters. The molecular weight excluding hydrogens is 332 g/mol. The molecule has 2 rings (SSSR count). The number of hydrogen-bond donors (Lipinski definition) is 2. The van der Waals surface area contributed by atoms with Gasteiger partial charge in [-0.1, -0.05) is 29.8 Å². The van der Waals surface area contributed by atoms with Crippen molar-refractivity contribution < 1.29 is 9.53 Å². The van der Waals surface area contributed by atoms with Crippen LogP contribution in [0.2, 0.25) is 5.02 Å². The van der Waals surface area contributed by atoms with E-state index in [9.17, 15) is 4.79 Å². The Morgan fingerprint density at radius 2 is 1.87 bits per heavy atom. The first kappa shape index (κ1) is 17.0. The second-order valence-electron chi connectivity index (χ2n) is 4.53. The van der Waals surface area contributed by atoms with Gasteiger partial charge in [0.15, 0.2) is 5.11 Å². The van der Waals surface area contributed by atoms with E-state index in [0.29, 0.717) is 5.02 Å². The molecule has 2 N–H and O–H groups in total. The molecule has 0 aliphatic carbocycles. The molecular formula is C17H15ClN2O2S. The number of rotatable bonds is 4. The van der Waals surface area contributed by atoms with Gasteiger partial charge in [0.05, 0.1) is 7.11 Å². The molecule has 2 aromatic rings. The van der Waals surface area contributed by atoms with Crippen LogP contribution in [0.4, 0.5) is 5.69 Å². The lowest BCUT2D eigenvalue weighted by molar-refractivity contribution is -0.115. The highest BCUT2D eigenvalue weighted by atomic mass is 35.5. The van der Waals surface area contributed by atoms with Gasteiger partial charge in [-0.05, 0) is 54.2 Å². The topological polar surface area (TPSA) is 50.4 Å². The maximum Gasteiger partial charge on any atom is 0.250 e. The quantitative estimate of drug-likeness (QED) is 0.651. The largest absolute Gasteiger partial charge is 0.497 e. The minimum absolute atomic E-state index is 0.212. The summed E-state index contributed by atoms with van der Waals surface area (Å²) >= 11 is 11.1. The molecule has 0 radical (unpaired) electrons. The Bertz CT molecular complexity index is 730. The van der Waals surface area contributed by atoms with Crippen LogP contribution in [-0.4, -0.2) is 18.1 Å². The molecule has 4 nitrogen and oxygen atoms in total. The number of carbonyl (C=O) groups is 1. The van der Waals surface area contributed by atoms with E-state index in [0.717, 1.165) is 17.0 Å². The highest BCUT2D eigenvalue weighted by Gasteiger charge is 2.02. The minimum Gasteiger partial charge on any atom is -0.497 e. The summed E-state index contributed by atoms with van der Waals surface area (Å²) < 4.78 is 5.07. The molecule has 6 heteroatoms. The Hall–Kier alpha value is -2.37. The molecule has 0 aromatic heterocycles. The van der Waals surface area contributed by atoms with Gasteiger partial charge in [0, 0.05) is 16.8 Å². The first-order valence-electron chi connectivity index (χ1n) is 6.77. The van der Waals surface area contributed by atoms with Crippen LogP contribution in [0.1, 0.15) is 5.56 Å². The normalized spacial score (nSPS) is 10.3. The van der Waals surface area contributed by atoms with E-state index in [2.05, 4.69) is 10.6 Å². The smallest absolute Gasteiger partial charge is 0.250 e. The summed E-state index contributed by atoms with van der Waals surface area (Å²) in [7, 11) is 1.60. The van der Waals surface area contributed by atoms with Gasteiger partial charge >= 0.3 is 0 Å². The lowest BCUT2D eigenvalue weighted by Gasteiger charge is -2.08. The van der Waals surface area contributed by atoms with Crippen molar-refractivity contribution in [1.82, 2.24) is 5.32 Å². The van der Waals surface area contributed by atoms with Crippen LogP contribution in [0.25, 0.3) is 6.08 Å². The maximum absolute atomic E-state index is 11.8. The SMILES string of the molecule is COc1ccc(NC(=S)NC(=O)C=Cc2ccccc2Cl)cc1. The van der Waals surface area contributed by atoms with Crippen molar-refractivity contribution in [2.75, 3.05) is 12.4 Å². The van der Waals surface area contributed by atoms with Crippen molar-refractivity contribution in [2.45, 2.75) is 0 Å². The Balaban J connectivity index is 1.89. The van der Waals surface area contributed by atoms with Gasteiger partial charge in [-0.2, -0.15) is 0 Å². The van der Waals surface area contributed by atoms with Crippen molar-refractivity contribution in [3.05, 3.63) is 65.2 Å². The zero-order valence-corrected chi connectivity index (χ0v) is 13.9. The van der Waals surface area contributed by atoms with Crippen LogP contribution in [0.3, 0.4) is 0 Å². The van der Waals surface area contributed by atoms with Crippen molar-refractivity contribution in [3.63, 3.8) is 0 Å².